The zero-order valence-corrected chi connectivity index (χ0v) is 19.3. The Labute approximate surface area is 203 Å². The van der Waals surface area contributed by atoms with Crippen molar-refractivity contribution in [2.24, 2.45) is 10.9 Å². The lowest BCUT2D eigenvalue weighted by molar-refractivity contribution is 0.0744. The zero-order chi connectivity index (χ0) is 23.8. The first-order valence-corrected chi connectivity index (χ1v) is 12.1. The molecular formula is C29H25FN4O. The second-order valence-corrected chi connectivity index (χ2v) is 9.34. The average molecular weight is 465 g/mol. The first-order valence-electron chi connectivity index (χ1n) is 12.1. The van der Waals surface area contributed by atoms with E-state index in [2.05, 4.69) is 21.0 Å². The summed E-state index contributed by atoms with van der Waals surface area (Å²) in [6.07, 6.45) is 11.8. The number of hydrogen-bond acceptors (Lipinski definition) is 4. The molecule has 1 aliphatic heterocycles. The van der Waals surface area contributed by atoms with E-state index in [9.17, 15) is 9.18 Å². The van der Waals surface area contributed by atoms with Crippen LogP contribution >= 0.6 is 0 Å². The monoisotopic (exact) mass is 464 g/mol. The number of hydrogen-bond donors (Lipinski definition) is 0. The minimum absolute atomic E-state index is 0.0795. The number of fused-ring (bicyclic) bond motifs is 2. The van der Waals surface area contributed by atoms with Gasteiger partial charge in [0.1, 0.15) is 11.5 Å². The Morgan fingerprint density at radius 1 is 1.11 bits per heavy atom. The minimum atomic E-state index is -0.222. The lowest BCUT2D eigenvalue weighted by atomic mass is 9.95. The predicted octanol–water partition coefficient (Wildman–Crippen LogP) is 6.06. The van der Waals surface area contributed by atoms with Gasteiger partial charge in [-0.1, -0.05) is 24.3 Å². The summed E-state index contributed by atoms with van der Waals surface area (Å²) >= 11 is 0. The molecule has 0 saturated heterocycles. The fourth-order valence-corrected chi connectivity index (χ4v) is 4.73. The minimum Gasteiger partial charge on any atom is -0.337 e. The molecule has 0 unspecified atom stereocenters. The summed E-state index contributed by atoms with van der Waals surface area (Å²) in [6, 6.07) is 13.8. The van der Waals surface area contributed by atoms with E-state index in [0.717, 1.165) is 51.7 Å². The molecular weight excluding hydrogens is 439 g/mol. The van der Waals surface area contributed by atoms with Gasteiger partial charge in [-0.15, -0.1) is 0 Å². The molecule has 6 rings (SSSR count). The van der Waals surface area contributed by atoms with Gasteiger partial charge in [0.15, 0.2) is 0 Å². The van der Waals surface area contributed by atoms with Gasteiger partial charge in [0.2, 0.25) is 0 Å². The second kappa shape index (κ2) is 9.02. The fraction of sp³-hybridized carbons (Fsp3) is 0.241. The van der Waals surface area contributed by atoms with E-state index in [1.165, 1.54) is 0 Å². The van der Waals surface area contributed by atoms with Crippen molar-refractivity contribution in [3.8, 4) is 11.1 Å². The molecule has 3 aliphatic rings. The van der Waals surface area contributed by atoms with Crippen LogP contribution in [0.1, 0.15) is 36.2 Å². The number of amides is 1. The highest BCUT2D eigenvalue weighted by Gasteiger charge is 2.30. The first-order chi connectivity index (χ1) is 17.2. The van der Waals surface area contributed by atoms with Gasteiger partial charge in [-0.25, -0.2) is 4.39 Å². The number of carbonyl (C=O) groups excluding carboxylic acids is 1. The molecule has 0 bridgehead atoms. The van der Waals surface area contributed by atoms with Crippen LogP contribution in [0.3, 0.4) is 0 Å². The van der Waals surface area contributed by atoms with E-state index >= 15 is 0 Å². The molecule has 5 nitrogen and oxygen atoms in total. The average Bonchev–Trinajstić information content (AvgIpc) is 3.63. The molecule has 3 aromatic rings. The highest BCUT2D eigenvalue weighted by Crippen LogP contribution is 2.33. The van der Waals surface area contributed by atoms with Gasteiger partial charge in [0.05, 0.1) is 11.2 Å². The van der Waals surface area contributed by atoms with Gasteiger partial charge in [0, 0.05) is 60.2 Å². The van der Waals surface area contributed by atoms with Crippen LogP contribution in [0.4, 0.5) is 4.39 Å². The maximum absolute atomic E-state index is 13.9. The van der Waals surface area contributed by atoms with Crippen molar-refractivity contribution >= 4 is 22.5 Å². The Balaban J connectivity index is 1.27. The van der Waals surface area contributed by atoms with Crippen molar-refractivity contribution in [2.75, 3.05) is 13.1 Å². The normalized spacial score (nSPS) is 16.8. The molecule has 1 amide bonds. The Morgan fingerprint density at radius 2 is 2.00 bits per heavy atom. The number of benzene rings is 1. The summed E-state index contributed by atoms with van der Waals surface area (Å²) < 4.78 is 13.9. The lowest BCUT2D eigenvalue weighted by Gasteiger charge is -2.24. The molecule has 2 aromatic heterocycles. The Morgan fingerprint density at radius 3 is 2.89 bits per heavy atom. The van der Waals surface area contributed by atoms with Crippen molar-refractivity contribution in [1.29, 1.82) is 0 Å². The number of nitrogens with zero attached hydrogens (tertiary/aromatic N) is 4. The maximum atomic E-state index is 13.9. The van der Waals surface area contributed by atoms with Crippen LogP contribution in [0, 0.1) is 5.92 Å². The highest BCUT2D eigenvalue weighted by atomic mass is 19.1. The van der Waals surface area contributed by atoms with Gasteiger partial charge in [-0.2, -0.15) is 0 Å². The van der Waals surface area contributed by atoms with Crippen molar-refractivity contribution < 1.29 is 9.18 Å². The number of allylic oxidation sites excluding steroid dienone is 4. The number of aromatic nitrogens is 2. The van der Waals surface area contributed by atoms with Crippen LogP contribution in [0.15, 0.2) is 95.2 Å². The first kappa shape index (κ1) is 21.6. The quantitative estimate of drug-likeness (QED) is 0.427. The van der Waals surface area contributed by atoms with E-state index in [4.69, 9.17) is 0 Å². The molecule has 2 aliphatic carbocycles. The molecule has 0 N–H and O–H groups in total. The number of para-hydroxylation sites is 1. The second-order valence-electron chi connectivity index (χ2n) is 9.34. The molecule has 0 spiro atoms. The molecule has 1 fully saturated rings. The van der Waals surface area contributed by atoms with Crippen molar-refractivity contribution in [3.05, 3.63) is 95.9 Å². The van der Waals surface area contributed by atoms with E-state index in [1.807, 2.05) is 47.5 Å². The van der Waals surface area contributed by atoms with E-state index < -0.39 is 0 Å². The van der Waals surface area contributed by atoms with Gasteiger partial charge >= 0.3 is 0 Å². The zero-order valence-electron chi connectivity index (χ0n) is 19.3. The third-order valence-corrected chi connectivity index (χ3v) is 6.83. The lowest BCUT2D eigenvalue weighted by Crippen LogP contribution is -2.35. The SMILES string of the molecule is O=C(c1ncccc1-c1cnc2ccccc2c1)N(CCC1=CN=C2CC=C(F)C=C12)CC1CC1. The summed E-state index contributed by atoms with van der Waals surface area (Å²) in [6.45, 7) is 1.25. The smallest absolute Gasteiger partial charge is 0.273 e. The molecule has 174 valence electrons. The summed E-state index contributed by atoms with van der Waals surface area (Å²) in [5.41, 5.74) is 5.76. The topological polar surface area (TPSA) is 58.5 Å². The number of carbonyl (C=O) groups is 1. The maximum Gasteiger partial charge on any atom is 0.273 e. The molecule has 6 heteroatoms. The number of pyridine rings is 2. The van der Waals surface area contributed by atoms with Gasteiger partial charge in [-0.3, -0.25) is 19.8 Å². The largest absolute Gasteiger partial charge is 0.337 e. The van der Waals surface area contributed by atoms with Crippen LogP contribution in [0.25, 0.3) is 22.0 Å². The number of rotatable bonds is 7. The Kier molecular flexibility index (Phi) is 5.57. The molecule has 35 heavy (non-hydrogen) atoms. The van der Waals surface area contributed by atoms with Crippen molar-refractivity contribution in [3.63, 3.8) is 0 Å². The van der Waals surface area contributed by atoms with E-state index in [1.54, 1.807) is 24.5 Å². The van der Waals surface area contributed by atoms with Crippen LogP contribution < -0.4 is 0 Å². The standard InChI is InChI=1S/C29H25FN4O/c30-23-9-10-27-25(15-23)21(16-33-27)11-13-34(18-19-7-8-19)29(35)28-24(5-3-12-31-28)22-14-20-4-1-2-6-26(20)32-17-22/h1-6,9,12,14-17,19H,7-8,10-11,13,18H2. The molecule has 1 saturated carbocycles. The predicted molar refractivity (Wildman–Crippen MR) is 136 cm³/mol. The molecule has 0 atom stereocenters. The molecule has 1 aromatic carbocycles. The third kappa shape index (κ3) is 4.44. The van der Waals surface area contributed by atoms with Crippen LogP contribution in [0.2, 0.25) is 0 Å². The summed E-state index contributed by atoms with van der Waals surface area (Å²) in [7, 11) is 0. The van der Waals surface area contributed by atoms with Crippen molar-refractivity contribution in [1.82, 2.24) is 14.9 Å². The molecule has 3 heterocycles. The Hall–Kier alpha value is -3.93. The highest BCUT2D eigenvalue weighted by molar-refractivity contribution is 6.08. The summed E-state index contributed by atoms with van der Waals surface area (Å²) in [5.74, 6) is 0.232. The Bertz CT molecular complexity index is 1450. The fourth-order valence-electron chi connectivity index (χ4n) is 4.73. The number of aliphatic imine (C=N–C) groups is 1. The van der Waals surface area contributed by atoms with Gasteiger partial charge in [0.25, 0.3) is 5.91 Å². The number of halogens is 1. The summed E-state index contributed by atoms with van der Waals surface area (Å²) in [4.78, 5) is 29.3. The molecule has 0 radical (unpaired) electrons. The van der Waals surface area contributed by atoms with E-state index in [0.29, 0.717) is 37.5 Å². The van der Waals surface area contributed by atoms with Gasteiger partial charge < -0.3 is 4.90 Å². The van der Waals surface area contributed by atoms with Crippen LogP contribution in [0.5, 0.6) is 0 Å². The third-order valence-electron chi connectivity index (χ3n) is 6.83. The van der Waals surface area contributed by atoms with Gasteiger partial charge in [-0.05, 0) is 61.1 Å². The van der Waals surface area contributed by atoms with Crippen LogP contribution in [-0.2, 0) is 0 Å². The summed E-state index contributed by atoms with van der Waals surface area (Å²) in [5, 5.41) is 1.02. The van der Waals surface area contributed by atoms with E-state index in [-0.39, 0.29) is 11.7 Å². The van der Waals surface area contributed by atoms with Crippen molar-refractivity contribution in [2.45, 2.75) is 25.7 Å². The van der Waals surface area contributed by atoms with Crippen LogP contribution in [-0.4, -0.2) is 39.6 Å².